The Bertz CT molecular complexity index is 2500. The van der Waals surface area contributed by atoms with E-state index in [9.17, 15) is 5.26 Å². The summed E-state index contributed by atoms with van der Waals surface area (Å²) in [4.78, 5) is 2.45. The fourth-order valence-corrected chi connectivity index (χ4v) is 7.78. The number of nitrogens with zero attached hydrogens (tertiary/aromatic N) is 3. The van der Waals surface area contributed by atoms with E-state index < -0.39 is 0 Å². The normalized spacial score (nSPS) is 13.2. The van der Waals surface area contributed by atoms with Crippen LogP contribution in [0.1, 0.15) is 30.5 Å². The average molecular weight is 628 g/mol. The van der Waals surface area contributed by atoms with Crippen molar-refractivity contribution in [2.45, 2.75) is 19.3 Å². The molecule has 3 nitrogen and oxygen atoms in total. The zero-order valence-electron chi connectivity index (χ0n) is 27.4. The summed E-state index contributed by atoms with van der Waals surface area (Å²) in [6, 6.07) is 60.9. The molecule has 0 saturated carbocycles. The van der Waals surface area contributed by atoms with Gasteiger partial charge in [-0.15, -0.1) is 0 Å². The van der Waals surface area contributed by atoms with Gasteiger partial charge in [-0.05, 0) is 94.0 Å². The summed E-state index contributed by atoms with van der Waals surface area (Å²) < 4.78 is 2.41. The summed E-state index contributed by atoms with van der Waals surface area (Å²) in [7, 11) is 0. The van der Waals surface area contributed by atoms with Crippen molar-refractivity contribution in [3.8, 4) is 34.0 Å². The lowest BCUT2D eigenvalue weighted by atomic mass is 9.73. The number of benzene rings is 7. The highest BCUT2D eigenvalue weighted by Crippen LogP contribution is 2.52. The molecule has 3 heteroatoms. The van der Waals surface area contributed by atoms with Gasteiger partial charge in [0.1, 0.15) is 0 Å². The van der Waals surface area contributed by atoms with Crippen LogP contribution in [0.25, 0.3) is 49.7 Å². The number of aromatic nitrogens is 1. The van der Waals surface area contributed by atoms with E-state index in [-0.39, 0.29) is 5.41 Å². The molecule has 8 aromatic rings. The SMILES string of the molecule is CC1(C)c2ccccc2N(c2cc(-c3cccc(-c4ccc(C#N)cc4)c3)cc(-n3c4ccccc4c4ccccc43)c2)c2ccccc21. The quantitative estimate of drug-likeness (QED) is 0.194. The minimum atomic E-state index is -0.146. The molecule has 0 fully saturated rings. The van der Waals surface area contributed by atoms with Crippen LogP contribution in [-0.2, 0) is 5.41 Å². The molecular weight excluding hydrogens is 595 g/mol. The standard InChI is InChI=1S/C46H33N3/c1-46(2)40-16-5-9-20-44(40)49(45-21-10-6-17-41(45)46)37-28-35(34-13-11-12-33(26-34)32-24-22-31(30-47)23-25-32)27-36(29-37)48-42-18-7-3-14-38(42)39-15-4-8-19-43(39)48/h3-29H,1-2H3. The summed E-state index contributed by atoms with van der Waals surface area (Å²) in [5.74, 6) is 0. The summed E-state index contributed by atoms with van der Waals surface area (Å²) >= 11 is 0. The number of hydrogen-bond donors (Lipinski definition) is 0. The molecule has 0 aliphatic carbocycles. The van der Waals surface area contributed by atoms with Crippen LogP contribution >= 0.6 is 0 Å². The molecule has 7 aromatic carbocycles. The van der Waals surface area contributed by atoms with E-state index in [2.05, 4.69) is 169 Å². The number of para-hydroxylation sites is 4. The zero-order chi connectivity index (χ0) is 33.1. The van der Waals surface area contributed by atoms with Crippen LogP contribution in [0.15, 0.2) is 164 Å². The average Bonchev–Trinajstić information content (AvgIpc) is 3.49. The van der Waals surface area contributed by atoms with Gasteiger partial charge in [-0.25, -0.2) is 0 Å². The third-order valence-corrected chi connectivity index (χ3v) is 10.2. The van der Waals surface area contributed by atoms with E-state index in [4.69, 9.17) is 0 Å². The summed E-state index contributed by atoms with van der Waals surface area (Å²) in [6.45, 7) is 4.66. The monoisotopic (exact) mass is 627 g/mol. The maximum Gasteiger partial charge on any atom is 0.0991 e. The molecule has 232 valence electrons. The number of fused-ring (bicyclic) bond motifs is 5. The lowest BCUT2D eigenvalue weighted by Gasteiger charge is -2.42. The highest BCUT2D eigenvalue weighted by molar-refractivity contribution is 6.09. The molecule has 0 unspecified atom stereocenters. The van der Waals surface area contributed by atoms with Gasteiger partial charge >= 0.3 is 0 Å². The number of anilines is 3. The van der Waals surface area contributed by atoms with E-state index >= 15 is 0 Å². The first kappa shape index (κ1) is 28.8. The first-order valence-corrected chi connectivity index (χ1v) is 16.7. The van der Waals surface area contributed by atoms with Crippen molar-refractivity contribution in [1.29, 1.82) is 5.26 Å². The van der Waals surface area contributed by atoms with Crippen LogP contribution in [0.2, 0.25) is 0 Å². The molecule has 1 aliphatic heterocycles. The van der Waals surface area contributed by atoms with Crippen LogP contribution in [0.5, 0.6) is 0 Å². The molecule has 0 saturated heterocycles. The third-order valence-electron chi connectivity index (χ3n) is 10.2. The molecule has 49 heavy (non-hydrogen) atoms. The molecule has 0 bridgehead atoms. The fraction of sp³-hybridized carbons (Fsp3) is 0.0652. The Kier molecular flexibility index (Phi) is 6.54. The first-order valence-electron chi connectivity index (χ1n) is 16.7. The molecule has 2 heterocycles. The Balaban J connectivity index is 1.33. The van der Waals surface area contributed by atoms with E-state index in [1.54, 1.807) is 0 Å². The fourth-order valence-electron chi connectivity index (χ4n) is 7.78. The van der Waals surface area contributed by atoms with Crippen LogP contribution in [0.3, 0.4) is 0 Å². The highest BCUT2D eigenvalue weighted by atomic mass is 15.2. The smallest absolute Gasteiger partial charge is 0.0991 e. The van der Waals surface area contributed by atoms with E-state index in [0.29, 0.717) is 5.56 Å². The topological polar surface area (TPSA) is 32.0 Å². The van der Waals surface area contributed by atoms with Crippen LogP contribution in [-0.4, -0.2) is 4.57 Å². The van der Waals surface area contributed by atoms with Crippen LogP contribution < -0.4 is 4.90 Å². The van der Waals surface area contributed by atoms with Gasteiger partial charge in [0.15, 0.2) is 0 Å². The Morgan fingerprint density at radius 2 is 1.00 bits per heavy atom. The van der Waals surface area contributed by atoms with E-state index in [1.807, 2.05) is 24.3 Å². The second-order valence-electron chi connectivity index (χ2n) is 13.4. The minimum absolute atomic E-state index is 0.146. The molecule has 0 spiro atoms. The largest absolute Gasteiger partial charge is 0.310 e. The van der Waals surface area contributed by atoms with Crippen molar-refractivity contribution < 1.29 is 0 Å². The van der Waals surface area contributed by atoms with Crippen molar-refractivity contribution in [1.82, 2.24) is 4.57 Å². The minimum Gasteiger partial charge on any atom is -0.310 e. The Labute approximate surface area is 286 Å². The van der Waals surface area contributed by atoms with Crippen LogP contribution in [0.4, 0.5) is 17.1 Å². The predicted molar refractivity (Wildman–Crippen MR) is 203 cm³/mol. The lowest BCUT2D eigenvalue weighted by molar-refractivity contribution is 0.632. The number of hydrogen-bond acceptors (Lipinski definition) is 2. The summed E-state index contributed by atoms with van der Waals surface area (Å²) in [6.07, 6.45) is 0. The van der Waals surface area contributed by atoms with Gasteiger partial charge in [-0.1, -0.05) is 117 Å². The Morgan fingerprint density at radius 3 is 1.61 bits per heavy atom. The second-order valence-corrected chi connectivity index (χ2v) is 13.4. The van der Waals surface area contributed by atoms with Crippen molar-refractivity contribution in [2.75, 3.05) is 4.90 Å². The molecule has 0 atom stereocenters. The number of nitriles is 1. The molecule has 1 aliphatic rings. The second kappa shape index (κ2) is 11.1. The first-order chi connectivity index (χ1) is 24.0. The third kappa shape index (κ3) is 4.57. The van der Waals surface area contributed by atoms with Crippen molar-refractivity contribution >= 4 is 38.9 Å². The van der Waals surface area contributed by atoms with Crippen LogP contribution in [0, 0.1) is 11.3 Å². The maximum absolute atomic E-state index is 9.36. The maximum atomic E-state index is 9.36. The van der Waals surface area contributed by atoms with Crippen molar-refractivity contribution in [3.05, 3.63) is 180 Å². The molecular formula is C46H33N3. The van der Waals surface area contributed by atoms with Gasteiger partial charge in [0.2, 0.25) is 0 Å². The van der Waals surface area contributed by atoms with Gasteiger partial charge in [0.05, 0.1) is 34.0 Å². The van der Waals surface area contributed by atoms with Crippen molar-refractivity contribution in [2.24, 2.45) is 0 Å². The van der Waals surface area contributed by atoms with Crippen molar-refractivity contribution in [3.63, 3.8) is 0 Å². The van der Waals surface area contributed by atoms with Gasteiger partial charge < -0.3 is 9.47 Å². The lowest BCUT2D eigenvalue weighted by Crippen LogP contribution is -2.30. The van der Waals surface area contributed by atoms with Gasteiger partial charge in [-0.2, -0.15) is 5.26 Å². The predicted octanol–water partition coefficient (Wildman–Crippen LogP) is 12.1. The molecule has 0 amide bonds. The molecule has 9 rings (SSSR count). The van der Waals surface area contributed by atoms with Gasteiger partial charge in [0.25, 0.3) is 0 Å². The molecule has 1 aromatic heterocycles. The zero-order valence-corrected chi connectivity index (χ0v) is 27.4. The highest BCUT2D eigenvalue weighted by Gasteiger charge is 2.36. The number of rotatable bonds is 4. The van der Waals surface area contributed by atoms with Gasteiger partial charge in [0, 0.05) is 27.6 Å². The van der Waals surface area contributed by atoms with Gasteiger partial charge in [-0.3, -0.25) is 0 Å². The molecule has 0 radical (unpaired) electrons. The van der Waals surface area contributed by atoms with E-state index in [1.165, 1.54) is 44.3 Å². The Hall–Kier alpha value is -6.37. The van der Waals surface area contributed by atoms with E-state index in [0.717, 1.165) is 33.6 Å². The summed E-state index contributed by atoms with van der Waals surface area (Å²) in [5, 5.41) is 11.8. The molecule has 0 N–H and O–H groups in total. The summed E-state index contributed by atoms with van der Waals surface area (Å²) in [5.41, 5.74) is 14.5. The Morgan fingerprint density at radius 1 is 0.469 bits per heavy atom.